The van der Waals surface area contributed by atoms with Gasteiger partial charge in [-0.3, -0.25) is 24.6 Å². The van der Waals surface area contributed by atoms with Crippen molar-refractivity contribution in [3.05, 3.63) is 108 Å². The van der Waals surface area contributed by atoms with Crippen LogP contribution in [0.25, 0.3) is 6.08 Å². The van der Waals surface area contributed by atoms with E-state index in [1.165, 1.54) is 12.1 Å². The van der Waals surface area contributed by atoms with Gasteiger partial charge >= 0.3 is 0 Å². The Hall–Kier alpha value is -2.83. The first kappa shape index (κ1) is 28.0. The van der Waals surface area contributed by atoms with Crippen molar-refractivity contribution >= 4 is 72.8 Å². The zero-order chi connectivity index (χ0) is 29.4. The minimum atomic E-state index is -1.43. The van der Waals surface area contributed by atoms with Crippen molar-refractivity contribution in [2.24, 2.45) is 5.41 Å². The molecule has 0 unspecified atom stereocenters. The summed E-state index contributed by atoms with van der Waals surface area (Å²) in [6.45, 7) is 0.764. The van der Waals surface area contributed by atoms with Gasteiger partial charge in [0.2, 0.25) is 0 Å². The lowest BCUT2D eigenvalue weighted by molar-refractivity contribution is -0.385. The van der Waals surface area contributed by atoms with Crippen LogP contribution in [0.1, 0.15) is 22.6 Å². The van der Waals surface area contributed by atoms with Gasteiger partial charge in [0.15, 0.2) is 5.78 Å². The van der Waals surface area contributed by atoms with E-state index in [0.717, 1.165) is 25.8 Å². The Labute approximate surface area is 263 Å². The molecule has 1 amide bonds. The van der Waals surface area contributed by atoms with Crippen LogP contribution in [-0.4, -0.2) is 64.2 Å². The van der Waals surface area contributed by atoms with Crippen molar-refractivity contribution in [1.29, 1.82) is 0 Å². The number of fused-ring (bicyclic) bond motifs is 5. The number of nitrogens with zero attached hydrogens (tertiary/aromatic N) is 3. The van der Waals surface area contributed by atoms with Crippen LogP contribution in [0.4, 0.5) is 11.4 Å². The van der Waals surface area contributed by atoms with Crippen LogP contribution in [0.15, 0.2) is 81.2 Å². The number of benzene rings is 3. The number of piperidine rings is 1. The number of carbonyl (C=O) groups excluding carboxylic acids is 2. The van der Waals surface area contributed by atoms with Crippen LogP contribution in [-0.2, 0) is 15.1 Å². The number of hydrogen-bond donors (Lipinski definition) is 1. The quantitative estimate of drug-likeness (QED) is 0.202. The predicted octanol–water partition coefficient (Wildman–Crippen LogP) is 6.02. The number of nitro groups is 1. The van der Waals surface area contributed by atoms with E-state index < -0.39 is 15.9 Å². The first-order chi connectivity index (χ1) is 20.2. The van der Waals surface area contributed by atoms with E-state index in [-0.39, 0.29) is 29.3 Å². The van der Waals surface area contributed by atoms with Gasteiger partial charge < -0.3 is 10.2 Å². The Balaban J connectivity index is 1.54. The summed E-state index contributed by atoms with van der Waals surface area (Å²) in [6, 6.07) is 20.2. The van der Waals surface area contributed by atoms with E-state index in [1.807, 2.05) is 61.7 Å². The molecule has 0 radical (unpaired) electrons. The average molecular weight is 710 g/mol. The lowest BCUT2D eigenvalue weighted by atomic mass is 9.55. The number of halogens is 2. The second kappa shape index (κ2) is 10.1. The fraction of sp³-hybridized carbons (Fsp3) is 0.290. The lowest BCUT2D eigenvalue weighted by Crippen LogP contribution is -2.65. The minimum Gasteiger partial charge on any atom is -0.324 e. The smallest absolute Gasteiger partial charge is 0.269 e. The SMILES string of the molecule is CN1C/C(=C\c2ccc(Br)cc2)C(=O)[C@]2(C1)[C@@H](c1ccc(Br)cc1)[C@@H]1CSCN1[C@@]21C(=O)Nc2ccc([N+](=O)[O-])cc21. The molecular weight excluding hydrogens is 684 g/mol. The van der Waals surface area contributed by atoms with Crippen LogP contribution in [0.5, 0.6) is 0 Å². The number of rotatable bonds is 3. The molecule has 3 aromatic carbocycles. The van der Waals surface area contributed by atoms with E-state index in [4.69, 9.17) is 0 Å². The zero-order valence-corrected chi connectivity index (χ0v) is 26.5. The molecular formula is C31H26Br2N4O4S. The normalized spacial score (nSPS) is 29.8. The minimum absolute atomic E-state index is 0.0784. The predicted molar refractivity (Wildman–Crippen MR) is 170 cm³/mol. The number of amides is 1. The standard InChI is InChI=1S/C31H26Br2N4O4S/c1-35-14-20(12-18-2-6-21(32)7-3-18)28(38)30(16-35)27(19-4-8-22(33)9-5-19)26-15-42-17-36(26)31(30)24-13-23(37(40)41)10-11-25(24)34-29(31)39/h2-13,26-27H,14-17H2,1H3,(H,34,39)/b20-12+/t26-,27-,30-,31-/m0/s1. The molecule has 4 heterocycles. The van der Waals surface area contributed by atoms with E-state index in [9.17, 15) is 14.9 Å². The molecule has 3 saturated heterocycles. The fourth-order valence-electron chi connectivity index (χ4n) is 7.78. The van der Waals surface area contributed by atoms with Gasteiger partial charge in [-0.15, -0.1) is 11.8 Å². The van der Waals surface area contributed by atoms with Gasteiger partial charge in [0.1, 0.15) is 5.54 Å². The second-order valence-electron chi connectivity index (χ2n) is 11.4. The summed E-state index contributed by atoms with van der Waals surface area (Å²) in [6.07, 6.45) is 1.93. The summed E-state index contributed by atoms with van der Waals surface area (Å²) in [5, 5.41) is 15.0. The van der Waals surface area contributed by atoms with Gasteiger partial charge in [-0.05, 0) is 54.6 Å². The number of non-ortho nitro benzene ring substituents is 1. The molecule has 42 heavy (non-hydrogen) atoms. The third-order valence-electron chi connectivity index (χ3n) is 9.19. The third kappa shape index (κ3) is 3.86. The molecule has 8 nitrogen and oxygen atoms in total. The number of likely N-dealkylation sites (N-methyl/N-ethyl adjacent to an activating group) is 1. The van der Waals surface area contributed by atoms with Crippen molar-refractivity contribution in [2.75, 3.05) is 37.1 Å². The van der Waals surface area contributed by atoms with Crippen molar-refractivity contribution in [3.63, 3.8) is 0 Å². The summed E-state index contributed by atoms with van der Waals surface area (Å²) >= 11 is 8.77. The molecule has 11 heteroatoms. The molecule has 0 aliphatic carbocycles. The largest absolute Gasteiger partial charge is 0.324 e. The van der Waals surface area contributed by atoms with Crippen LogP contribution in [0.2, 0.25) is 0 Å². The first-order valence-electron chi connectivity index (χ1n) is 13.6. The van der Waals surface area contributed by atoms with Gasteiger partial charge in [-0.1, -0.05) is 56.1 Å². The summed E-state index contributed by atoms with van der Waals surface area (Å²) in [4.78, 5) is 45.8. The maximum atomic E-state index is 15.3. The molecule has 0 aromatic heterocycles. The summed E-state index contributed by atoms with van der Waals surface area (Å²) in [5.41, 5.74) is 0.756. The molecule has 0 bridgehead atoms. The molecule has 0 saturated carbocycles. The molecule has 4 atom stereocenters. The summed E-state index contributed by atoms with van der Waals surface area (Å²) in [5.74, 6) is 0.574. The highest BCUT2D eigenvalue weighted by molar-refractivity contribution is 9.10. The number of thioether (sulfide) groups is 1. The number of likely N-dealkylation sites (tertiary alicyclic amines) is 1. The molecule has 3 fully saturated rings. The van der Waals surface area contributed by atoms with E-state index in [0.29, 0.717) is 35.8 Å². The van der Waals surface area contributed by atoms with Crippen LogP contribution >= 0.6 is 43.6 Å². The number of carbonyl (C=O) groups is 2. The molecule has 4 aliphatic rings. The average Bonchev–Trinajstić information content (AvgIpc) is 3.61. The van der Waals surface area contributed by atoms with E-state index >= 15 is 4.79 Å². The molecule has 4 aliphatic heterocycles. The number of ketones is 1. The lowest BCUT2D eigenvalue weighted by Gasteiger charge is -2.51. The van der Waals surface area contributed by atoms with Crippen molar-refractivity contribution in [1.82, 2.24) is 9.80 Å². The van der Waals surface area contributed by atoms with Gasteiger partial charge in [-0.25, -0.2) is 0 Å². The van der Waals surface area contributed by atoms with E-state index in [1.54, 1.807) is 17.8 Å². The monoisotopic (exact) mass is 708 g/mol. The highest BCUT2D eigenvalue weighted by atomic mass is 79.9. The first-order valence-corrected chi connectivity index (χ1v) is 16.3. The summed E-state index contributed by atoms with van der Waals surface area (Å²) < 4.78 is 1.87. The van der Waals surface area contributed by atoms with Gasteiger partial charge in [0.25, 0.3) is 11.6 Å². The summed E-state index contributed by atoms with van der Waals surface area (Å²) in [7, 11) is 1.98. The Bertz CT molecular complexity index is 1680. The number of anilines is 1. The number of nitrogens with one attached hydrogen (secondary N) is 1. The van der Waals surface area contributed by atoms with Gasteiger partial charge in [-0.2, -0.15) is 0 Å². The molecule has 3 aromatic rings. The molecule has 1 N–H and O–H groups in total. The Morgan fingerprint density at radius 2 is 1.74 bits per heavy atom. The molecule has 7 rings (SSSR count). The van der Waals surface area contributed by atoms with Gasteiger partial charge in [0, 0.05) is 74.6 Å². The maximum absolute atomic E-state index is 15.3. The second-order valence-corrected chi connectivity index (χ2v) is 14.2. The number of hydrogen-bond acceptors (Lipinski definition) is 7. The van der Waals surface area contributed by atoms with E-state index in [2.05, 4.69) is 47.0 Å². The van der Waals surface area contributed by atoms with Crippen LogP contribution in [0.3, 0.4) is 0 Å². The third-order valence-corrected chi connectivity index (χ3v) is 11.3. The number of nitro benzene ring substituents is 1. The van der Waals surface area contributed by atoms with Crippen molar-refractivity contribution < 1.29 is 14.5 Å². The Kier molecular flexibility index (Phi) is 6.74. The maximum Gasteiger partial charge on any atom is 0.269 e. The number of Topliss-reactive ketones (excluding diaryl/α,β-unsaturated/α-hetero) is 1. The zero-order valence-electron chi connectivity index (χ0n) is 22.6. The van der Waals surface area contributed by atoms with Crippen molar-refractivity contribution in [2.45, 2.75) is 17.5 Å². The highest BCUT2D eigenvalue weighted by Gasteiger charge is 2.78. The Morgan fingerprint density at radius 3 is 2.43 bits per heavy atom. The Morgan fingerprint density at radius 1 is 1.05 bits per heavy atom. The fourth-order valence-corrected chi connectivity index (χ4v) is 9.61. The highest BCUT2D eigenvalue weighted by Crippen LogP contribution is 2.68. The van der Waals surface area contributed by atoms with Gasteiger partial charge in [0.05, 0.1) is 10.3 Å². The van der Waals surface area contributed by atoms with Crippen LogP contribution in [0, 0.1) is 15.5 Å². The topological polar surface area (TPSA) is 95.8 Å². The molecule has 2 spiro atoms. The molecule has 214 valence electrons. The van der Waals surface area contributed by atoms with Crippen LogP contribution < -0.4 is 5.32 Å². The van der Waals surface area contributed by atoms with Crippen molar-refractivity contribution in [3.8, 4) is 0 Å².